The van der Waals surface area contributed by atoms with E-state index in [0.717, 1.165) is 12.0 Å². The standard InChI is InChI=1S/C14H19BrN2O2/c1-4-12(15)14(19)17(3)9-10-5-7-11(8-6-10)13(18)16-2/h5-8,12H,4,9H2,1-3H3,(H,16,18). The minimum Gasteiger partial charge on any atom is -0.355 e. The number of nitrogens with zero attached hydrogens (tertiary/aromatic N) is 1. The smallest absolute Gasteiger partial charge is 0.251 e. The molecule has 2 amide bonds. The maximum atomic E-state index is 11.9. The van der Waals surface area contributed by atoms with Gasteiger partial charge in [-0.15, -0.1) is 0 Å². The molecule has 0 bridgehead atoms. The Morgan fingerprint density at radius 1 is 1.32 bits per heavy atom. The van der Waals surface area contributed by atoms with Crippen LogP contribution in [-0.4, -0.2) is 35.6 Å². The highest BCUT2D eigenvalue weighted by Crippen LogP contribution is 2.12. The van der Waals surface area contributed by atoms with E-state index in [1.54, 1.807) is 31.1 Å². The Hall–Kier alpha value is -1.36. The second-order valence-electron chi connectivity index (χ2n) is 4.35. The van der Waals surface area contributed by atoms with Gasteiger partial charge in [0.15, 0.2) is 0 Å². The Labute approximate surface area is 122 Å². The van der Waals surface area contributed by atoms with E-state index in [2.05, 4.69) is 21.2 Å². The molecule has 1 rings (SSSR count). The van der Waals surface area contributed by atoms with E-state index in [1.807, 2.05) is 19.1 Å². The van der Waals surface area contributed by atoms with E-state index >= 15 is 0 Å². The van der Waals surface area contributed by atoms with Crippen molar-refractivity contribution in [3.05, 3.63) is 35.4 Å². The number of hydrogen-bond acceptors (Lipinski definition) is 2. The number of benzene rings is 1. The molecular weight excluding hydrogens is 308 g/mol. The van der Waals surface area contributed by atoms with Crippen molar-refractivity contribution >= 4 is 27.7 Å². The van der Waals surface area contributed by atoms with Crippen molar-refractivity contribution in [2.45, 2.75) is 24.7 Å². The molecule has 19 heavy (non-hydrogen) atoms. The molecule has 0 aromatic heterocycles. The molecule has 0 heterocycles. The molecule has 1 aromatic carbocycles. The summed E-state index contributed by atoms with van der Waals surface area (Å²) in [6, 6.07) is 7.25. The molecule has 4 nitrogen and oxygen atoms in total. The molecule has 0 spiro atoms. The third-order valence-corrected chi connectivity index (χ3v) is 3.90. The average molecular weight is 327 g/mol. The fourth-order valence-electron chi connectivity index (χ4n) is 1.67. The van der Waals surface area contributed by atoms with Crippen LogP contribution in [0.15, 0.2) is 24.3 Å². The van der Waals surface area contributed by atoms with Gasteiger partial charge in [0.25, 0.3) is 5.91 Å². The quantitative estimate of drug-likeness (QED) is 0.843. The summed E-state index contributed by atoms with van der Waals surface area (Å²) in [4.78, 5) is 24.9. The lowest BCUT2D eigenvalue weighted by Gasteiger charge is -2.20. The zero-order valence-corrected chi connectivity index (χ0v) is 13.0. The molecule has 104 valence electrons. The van der Waals surface area contributed by atoms with Gasteiger partial charge in [-0.05, 0) is 24.1 Å². The maximum Gasteiger partial charge on any atom is 0.251 e. The third kappa shape index (κ3) is 4.35. The van der Waals surface area contributed by atoms with Crippen LogP contribution in [0, 0.1) is 0 Å². The molecule has 0 saturated heterocycles. The van der Waals surface area contributed by atoms with Crippen molar-refractivity contribution in [3.8, 4) is 0 Å². The molecule has 0 saturated carbocycles. The third-order valence-electron chi connectivity index (χ3n) is 2.87. The van der Waals surface area contributed by atoms with Crippen molar-refractivity contribution in [2.75, 3.05) is 14.1 Å². The first kappa shape index (κ1) is 15.7. The van der Waals surface area contributed by atoms with Crippen LogP contribution in [0.25, 0.3) is 0 Å². The SMILES string of the molecule is CCC(Br)C(=O)N(C)Cc1ccc(C(=O)NC)cc1. The molecule has 0 aliphatic carbocycles. The van der Waals surface area contributed by atoms with Gasteiger partial charge in [-0.3, -0.25) is 9.59 Å². The largest absolute Gasteiger partial charge is 0.355 e. The Bertz CT molecular complexity index is 445. The molecule has 0 aliphatic heterocycles. The second-order valence-corrected chi connectivity index (χ2v) is 5.45. The van der Waals surface area contributed by atoms with E-state index < -0.39 is 0 Å². The van der Waals surface area contributed by atoms with E-state index in [9.17, 15) is 9.59 Å². The molecule has 1 atom stereocenters. The van der Waals surface area contributed by atoms with Crippen LogP contribution in [0.5, 0.6) is 0 Å². The Balaban J connectivity index is 2.68. The van der Waals surface area contributed by atoms with Gasteiger partial charge in [-0.25, -0.2) is 0 Å². The highest BCUT2D eigenvalue weighted by Gasteiger charge is 2.17. The Kier molecular flexibility index (Phi) is 6.02. The van der Waals surface area contributed by atoms with Gasteiger partial charge in [-0.1, -0.05) is 35.0 Å². The van der Waals surface area contributed by atoms with Crippen molar-refractivity contribution in [3.63, 3.8) is 0 Å². The fraction of sp³-hybridized carbons (Fsp3) is 0.429. The summed E-state index contributed by atoms with van der Waals surface area (Å²) in [5.74, 6) is -0.0413. The number of alkyl halides is 1. The first-order chi connectivity index (χ1) is 8.99. The first-order valence-corrected chi connectivity index (χ1v) is 7.11. The molecule has 1 aromatic rings. The monoisotopic (exact) mass is 326 g/mol. The number of carbonyl (C=O) groups excluding carboxylic acids is 2. The summed E-state index contributed by atoms with van der Waals surface area (Å²) in [5.41, 5.74) is 1.62. The van der Waals surface area contributed by atoms with Gasteiger partial charge < -0.3 is 10.2 Å². The Morgan fingerprint density at radius 3 is 2.37 bits per heavy atom. The van der Waals surface area contributed by atoms with Crippen molar-refractivity contribution in [1.82, 2.24) is 10.2 Å². The Morgan fingerprint density at radius 2 is 1.89 bits per heavy atom. The zero-order valence-electron chi connectivity index (χ0n) is 11.4. The van der Waals surface area contributed by atoms with Gasteiger partial charge >= 0.3 is 0 Å². The van der Waals surface area contributed by atoms with Crippen LogP contribution in [0.3, 0.4) is 0 Å². The minimum atomic E-state index is -0.136. The molecule has 0 aliphatic rings. The summed E-state index contributed by atoms with van der Waals surface area (Å²) in [5, 5.41) is 2.57. The summed E-state index contributed by atoms with van der Waals surface area (Å²) < 4.78 is 0. The molecular formula is C14H19BrN2O2. The van der Waals surface area contributed by atoms with E-state index in [0.29, 0.717) is 12.1 Å². The van der Waals surface area contributed by atoms with Crippen LogP contribution in [0.1, 0.15) is 29.3 Å². The molecule has 1 unspecified atom stereocenters. The van der Waals surface area contributed by atoms with Gasteiger partial charge in [0.2, 0.25) is 5.91 Å². The number of hydrogen-bond donors (Lipinski definition) is 1. The van der Waals surface area contributed by atoms with Crippen molar-refractivity contribution in [1.29, 1.82) is 0 Å². The van der Waals surface area contributed by atoms with Crippen LogP contribution in [0.4, 0.5) is 0 Å². The lowest BCUT2D eigenvalue weighted by molar-refractivity contribution is -0.129. The van der Waals surface area contributed by atoms with E-state index in [4.69, 9.17) is 0 Å². The van der Waals surface area contributed by atoms with Crippen LogP contribution >= 0.6 is 15.9 Å². The summed E-state index contributed by atoms with van der Waals surface area (Å²) in [6.07, 6.45) is 0.763. The van der Waals surface area contributed by atoms with E-state index in [1.165, 1.54) is 0 Å². The summed E-state index contributed by atoms with van der Waals surface area (Å²) >= 11 is 3.35. The number of carbonyl (C=O) groups is 2. The highest BCUT2D eigenvalue weighted by atomic mass is 79.9. The minimum absolute atomic E-state index is 0.0675. The predicted molar refractivity (Wildman–Crippen MR) is 79.3 cm³/mol. The number of amides is 2. The van der Waals surface area contributed by atoms with Crippen LogP contribution in [0.2, 0.25) is 0 Å². The van der Waals surface area contributed by atoms with Gasteiger partial charge in [0.1, 0.15) is 0 Å². The normalized spacial score (nSPS) is 11.8. The van der Waals surface area contributed by atoms with Crippen LogP contribution in [-0.2, 0) is 11.3 Å². The zero-order chi connectivity index (χ0) is 14.4. The van der Waals surface area contributed by atoms with Gasteiger partial charge in [0, 0.05) is 26.2 Å². The maximum absolute atomic E-state index is 11.9. The second kappa shape index (κ2) is 7.28. The summed E-state index contributed by atoms with van der Waals surface area (Å²) in [7, 11) is 3.38. The van der Waals surface area contributed by atoms with Crippen molar-refractivity contribution in [2.24, 2.45) is 0 Å². The topological polar surface area (TPSA) is 49.4 Å². The van der Waals surface area contributed by atoms with E-state index in [-0.39, 0.29) is 16.6 Å². The van der Waals surface area contributed by atoms with Gasteiger partial charge in [0.05, 0.1) is 4.83 Å². The molecule has 5 heteroatoms. The lowest BCUT2D eigenvalue weighted by atomic mass is 10.1. The number of nitrogens with one attached hydrogen (secondary N) is 1. The molecule has 0 radical (unpaired) electrons. The first-order valence-electron chi connectivity index (χ1n) is 6.19. The van der Waals surface area contributed by atoms with Gasteiger partial charge in [-0.2, -0.15) is 0 Å². The highest BCUT2D eigenvalue weighted by molar-refractivity contribution is 9.10. The number of halogens is 1. The molecule has 0 fully saturated rings. The number of rotatable bonds is 5. The molecule has 1 N–H and O–H groups in total. The van der Waals surface area contributed by atoms with Crippen LogP contribution < -0.4 is 5.32 Å². The predicted octanol–water partition coefficient (Wildman–Crippen LogP) is 2.18. The lowest BCUT2D eigenvalue weighted by Crippen LogP contribution is -2.32. The average Bonchev–Trinajstić information content (AvgIpc) is 2.45. The summed E-state index contributed by atoms with van der Waals surface area (Å²) in [6.45, 7) is 2.50. The fourth-order valence-corrected chi connectivity index (χ4v) is 2.02. The van der Waals surface area contributed by atoms with Crippen molar-refractivity contribution < 1.29 is 9.59 Å².